The number of Topliss-reactive ketones (excluding diaryl/α,β-unsaturated/α-hetero) is 1. The molecule has 3 aromatic rings. The second kappa shape index (κ2) is 7.12. The molecule has 0 fully saturated rings. The van der Waals surface area contributed by atoms with Gasteiger partial charge in [-0.1, -0.05) is 72.3 Å². The van der Waals surface area contributed by atoms with Crippen molar-refractivity contribution < 1.29 is 13.2 Å². The predicted molar refractivity (Wildman–Crippen MR) is 109 cm³/mol. The van der Waals surface area contributed by atoms with Crippen LogP contribution in [0.2, 0.25) is 0 Å². The van der Waals surface area contributed by atoms with Crippen LogP contribution in [0.3, 0.4) is 0 Å². The molecule has 0 unspecified atom stereocenters. The highest BCUT2D eigenvalue weighted by atomic mass is 32.2. The monoisotopic (exact) mass is 378 g/mol. The fourth-order valence-corrected chi connectivity index (χ4v) is 4.37. The van der Waals surface area contributed by atoms with Crippen LogP contribution in [0.15, 0.2) is 83.8 Å². The number of carbonyl (C=O) groups excluding carboxylic acids is 1. The van der Waals surface area contributed by atoms with Crippen molar-refractivity contribution in [1.29, 1.82) is 0 Å². The number of benzene rings is 3. The molecule has 0 aliphatic heterocycles. The molecule has 3 rings (SSSR count). The van der Waals surface area contributed by atoms with Gasteiger partial charge in [0.15, 0.2) is 15.6 Å². The molecule has 0 aliphatic carbocycles. The van der Waals surface area contributed by atoms with Crippen molar-refractivity contribution in [2.24, 2.45) is 0 Å². The van der Waals surface area contributed by atoms with E-state index in [4.69, 9.17) is 0 Å². The summed E-state index contributed by atoms with van der Waals surface area (Å²) in [6.07, 6.45) is 0. The first-order valence-corrected chi connectivity index (χ1v) is 10.2. The molecule has 0 heterocycles. The Hall–Kier alpha value is -2.72. The maximum absolute atomic E-state index is 13.0. The Labute approximate surface area is 160 Å². The van der Waals surface area contributed by atoms with Crippen LogP contribution in [0, 0.1) is 6.92 Å². The van der Waals surface area contributed by atoms with Crippen molar-refractivity contribution in [1.82, 2.24) is 0 Å². The van der Waals surface area contributed by atoms with E-state index >= 15 is 0 Å². The number of aryl methyl sites for hydroxylation is 1. The van der Waals surface area contributed by atoms with Crippen LogP contribution < -0.4 is 0 Å². The molecule has 3 aromatic carbocycles. The van der Waals surface area contributed by atoms with Gasteiger partial charge in [-0.15, -0.1) is 0 Å². The fraction of sp³-hybridized carbons (Fsp3) is 0.174. The van der Waals surface area contributed by atoms with E-state index in [0.29, 0.717) is 5.56 Å². The third-order valence-electron chi connectivity index (χ3n) is 4.80. The van der Waals surface area contributed by atoms with Gasteiger partial charge < -0.3 is 0 Å². The second-order valence-corrected chi connectivity index (χ2v) is 9.60. The van der Waals surface area contributed by atoms with Crippen molar-refractivity contribution in [3.05, 3.63) is 90.0 Å². The summed E-state index contributed by atoms with van der Waals surface area (Å²) in [6, 6.07) is 23.5. The Morgan fingerprint density at radius 3 is 1.81 bits per heavy atom. The lowest BCUT2D eigenvalue weighted by Crippen LogP contribution is -2.40. The van der Waals surface area contributed by atoms with Crippen LogP contribution in [0.4, 0.5) is 0 Å². The average Bonchev–Trinajstić information content (AvgIpc) is 2.68. The third kappa shape index (κ3) is 3.58. The summed E-state index contributed by atoms with van der Waals surface area (Å²) in [5.74, 6) is -0.414. The molecule has 0 spiro atoms. The van der Waals surface area contributed by atoms with E-state index in [-0.39, 0.29) is 4.90 Å². The van der Waals surface area contributed by atoms with Crippen LogP contribution in [0.5, 0.6) is 0 Å². The largest absolute Gasteiger partial charge is 0.292 e. The van der Waals surface area contributed by atoms with Crippen molar-refractivity contribution >= 4 is 15.6 Å². The number of hydrogen-bond acceptors (Lipinski definition) is 3. The molecular weight excluding hydrogens is 356 g/mol. The van der Waals surface area contributed by atoms with Crippen LogP contribution in [-0.2, 0) is 9.84 Å². The topological polar surface area (TPSA) is 51.2 Å². The van der Waals surface area contributed by atoms with Gasteiger partial charge in [0.05, 0.1) is 4.90 Å². The van der Waals surface area contributed by atoms with Gasteiger partial charge in [-0.3, -0.25) is 4.79 Å². The van der Waals surface area contributed by atoms with E-state index in [1.807, 2.05) is 49.4 Å². The van der Waals surface area contributed by atoms with Crippen molar-refractivity contribution in [3.63, 3.8) is 0 Å². The first kappa shape index (κ1) is 19.1. The SMILES string of the molecule is Cc1ccc(S(=O)(=O)C(C)(C)C(=O)c2ccc(-c3ccccc3)cc2)cc1. The van der Waals surface area contributed by atoms with Gasteiger partial charge in [-0.2, -0.15) is 0 Å². The molecule has 4 heteroatoms. The highest BCUT2D eigenvalue weighted by Gasteiger charge is 2.42. The molecular formula is C23H22O3S. The molecule has 0 saturated carbocycles. The molecule has 0 bridgehead atoms. The maximum atomic E-state index is 13.0. The van der Waals surface area contributed by atoms with Gasteiger partial charge >= 0.3 is 0 Å². The average molecular weight is 378 g/mol. The summed E-state index contributed by atoms with van der Waals surface area (Å²) in [6.45, 7) is 4.83. The van der Waals surface area contributed by atoms with E-state index < -0.39 is 20.4 Å². The van der Waals surface area contributed by atoms with Crippen LogP contribution in [0.25, 0.3) is 11.1 Å². The zero-order valence-corrected chi connectivity index (χ0v) is 16.5. The van der Waals surface area contributed by atoms with Crippen LogP contribution in [0.1, 0.15) is 29.8 Å². The maximum Gasteiger partial charge on any atom is 0.190 e. The minimum Gasteiger partial charge on any atom is -0.292 e. The fourth-order valence-electron chi connectivity index (χ4n) is 2.93. The van der Waals surface area contributed by atoms with E-state index in [2.05, 4.69) is 0 Å². The molecule has 0 aliphatic rings. The number of sulfone groups is 1. The third-order valence-corrected chi connectivity index (χ3v) is 7.23. The minimum absolute atomic E-state index is 0.160. The zero-order valence-electron chi connectivity index (χ0n) is 15.6. The minimum atomic E-state index is -3.81. The standard InChI is InChI=1S/C23H22O3S/c1-17-9-15-21(16-10-17)27(25,26)23(2,3)22(24)20-13-11-19(12-14-20)18-7-5-4-6-8-18/h4-16H,1-3H3. The van der Waals surface area contributed by atoms with E-state index in [1.54, 1.807) is 36.4 Å². The summed E-state index contributed by atoms with van der Waals surface area (Å²) in [4.78, 5) is 13.2. The Morgan fingerprint density at radius 1 is 0.741 bits per heavy atom. The van der Waals surface area contributed by atoms with Crippen molar-refractivity contribution in [3.8, 4) is 11.1 Å². The van der Waals surface area contributed by atoms with E-state index in [9.17, 15) is 13.2 Å². The van der Waals surface area contributed by atoms with Crippen molar-refractivity contribution in [2.45, 2.75) is 30.4 Å². The summed E-state index contributed by atoms with van der Waals surface area (Å²) in [5.41, 5.74) is 3.37. The zero-order chi connectivity index (χ0) is 19.7. The molecule has 27 heavy (non-hydrogen) atoms. The van der Waals surface area contributed by atoms with Crippen LogP contribution in [-0.4, -0.2) is 18.9 Å². The summed E-state index contributed by atoms with van der Waals surface area (Å²) in [5, 5.41) is 0. The molecule has 0 atom stereocenters. The highest BCUT2D eigenvalue weighted by molar-refractivity contribution is 7.93. The Kier molecular flexibility index (Phi) is 5.03. The van der Waals surface area contributed by atoms with Gasteiger partial charge in [0.1, 0.15) is 4.75 Å². The molecule has 0 aromatic heterocycles. The molecule has 0 N–H and O–H groups in total. The quantitative estimate of drug-likeness (QED) is 0.581. The Bertz CT molecular complexity index is 1050. The lowest BCUT2D eigenvalue weighted by molar-refractivity contribution is 0.0953. The summed E-state index contributed by atoms with van der Waals surface area (Å²) in [7, 11) is -3.81. The second-order valence-electron chi connectivity index (χ2n) is 7.10. The lowest BCUT2D eigenvalue weighted by atomic mass is 9.97. The van der Waals surface area contributed by atoms with Gasteiger partial charge in [0.2, 0.25) is 0 Å². The van der Waals surface area contributed by atoms with Crippen LogP contribution >= 0.6 is 0 Å². The highest BCUT2D eigenvalue weighted by Crippen LogP contribution is 2.30. The predicted octanol–water partition coefficient (Wildman–Crippen LogP) is 5.10. The lowest BCUT2D eigenvalue weighted by Gasteiger charge is -2.23. The molecule has 0 amide bonds. The number of hydrogen-bond donors (Lipinski definition) is 0. The summed E-state index contributed by atoms with van der Waals surface area (Å²) >= 11 is 0. The van der Waals surface area contributed by atoms with Gasteiger partial charge in [-0.25, -0.2) is 8.42 Å². The normalized spacial score (nSPS) is 12.0. The number of carbonyl (C=O) groups is 1. The van der Waals surface area contributed by atoms with Gasteiger partial charge in [-0.05, 0) is 44.0 Å². The first-order chi connectivity index (χ1) is 12.7. The molecule has 0 radical (unpaired) electrons. The summed E-state index contributed by atoms with van der Waals surface area (Å²) < 4.78 is 24.5. The molecule has 3 nitrogen and oxygen atoms in total. The van der Waals surface area contributed by atoms with Gasteiger partial charge in [0, 0.05) is 5.56 Å². The number of rotatable bonds is 5. The molecule has 0 saturated heterocycles. The van der Waals surface area contributed by atoms with E-state index in [0.717, 1.165) is 16.7 Å². The van der Waals surface area contributed by atoms with Gasteiger partial charge in [0.25, 0.3) is 0 Å². The molecule has 138 valence electrons. The first-order valence-electron chi connectivity index (χ1n) is 8.75. The Morgan fingerprint density at radius 2 is 1.26 bits per heavy atom. The number of ketones is 1. The smallest absolute Gasteiger partial charge is 0.190 e. The van der Waals surface area contributed by atoms with E-state index in [1.165, 1.54) is 13.8 Å². The Balaban J connectivity index is 1.93. The van der Waals surface area contributed by atoms with Crippen molar-refractivity contribution in [2.75, 3.05) is 0 Å².